The van der Waals surface area contributed by atoms with Crippen LogP contribution in [0.15, 0.2) is 67.7 Å². The molecule has 1 heterocycles. The van der Waals surface area contributed by atoms with E-state index in [1.165, 1.54) is 12.1 Å². The maximum Gasteiger partial charge on any atom is 0.416 e. The number of hydrogen-bond acceptors (Lipinski definition) is 7. The molecule has 0 bridgehead atoms. The Morgan fingerprint density at radius 2 is 1.17 bits per heavy atom. The highest BCUT2D eigenvalue weighted by molar-refractivity contribution is 6.20. The van der Waals surface area contributed by atoms with E-state index in [1.54, 1.807) is 12.1 Å². The zero-order valence-electron chi connectivity index (χ0n) is 21.6. The summed E-state index contributed by atoms with van der Waals surface area (Å²) in [6.07, 6.45) is -2.32. The summed E-state index contributed by atoms with van der Waals surface area (Å²) in [5.41, 5.74) is 8.84. The van der Waals surface area contributed by atoms with Crippen LogP contribution < -0.4 is 33.4 Å². The number of hydrogen-bond donors (Lipinski definition) is 2. The van der Waals surface area contributed by atoms with E-state index in [9.17, 15) is 37.1 Å². The second kappa shape index (κ2) is 10.3. The molecule has 0 radical (unpaired) electrons. The molecule has 5 rings (SSSR count). The lowest BCUT2D eigenvalue weighted by Gasteiger charge is -2.07. The number of fused-ring (bicyclic) bond motifs is 3. The number of nitrogens with zero attached hydrogens (tertiary/aromatic N) is 1. The summed E-state index contributed by atoms with van der Waals surface area (Å²) in [6, 6.07) is 10.2. The summed E-state index contributed by atoms with van der Waals surface area (Å²) in [4.78, 5) is 65.1. The van der Waals surface area contributed by atoms with Crippen molar-refractivity contribution in [1.29, 1.82) is 0 Å². The standard InChI is InChI=1S/C30H24F3N3O5/c31-30(32,33)16-12-10-15(11-13-16)19(37)9-3-1-2-6-14-36-28(40)22-23(29(36)41)25(35)21-20(24(22)34)26(38)17-7-4-5-8-18(17)27(21)39/h4-5,7-8,10-13H,1-3,6,9,14,34-35H2. The molecule has 41 heavy (non-hydrogen) atoms. The maximum absolute atomic E-state index is 13.2. The van der Waals surface area contributed by atoms with Gasteiger partial charge in [0.2, 0.25) is 0 Å². The maximum atomic E-state index is 13.2. The Morgan fingerprint density at radius 3 is 1.66 bits per heavy atom. The van der Waals surface area contributed by atoms with Gasteiger partial charge in [-0.1, -0.05) is 49.2 Å². The van der Waals surface area contributed by atoms with Crippen LogP contribution in [0.5, 0.6) is 0 Å². The van der Waals surface area contributed by atoms with Crippen molar-refractivity contribution in [2.45, 2.75) is 44.8 Å². The third kappa shape index (κ3) is 4.66. The summed E-state index contributed by atoms with van der Waals surface area (Å²) in [5.74, 6) is -0.278. The summed E-state index contributed by atoms with van der Waals surface area (Å²) in [7, 11) is 0. The van der Waals surface area contributed by atoms with Gasteiger partial charge in [-0.05, 0) is 25.0 Å². The Balaban J connectivity index is 1.32. The molecule has 0 aliphatic rings. The molecule has 0 unspecified atom stereocenters. The zero-order chi connectivity index (χ0) is 29.6. The van der Waals surface area contributed by atoms with Crippen LogP contribution >= 0.6 is 0 Å². The van der Waals surface area contributed by atoms with Crippen molar-refractivity contribution in [1.82, 2.24) is 4.57 Å². The second-order valence-corrected chi connectivity index (χ2v) is 9.96. The number of aromatic nitrogens is 1. The quantitative estimate of drug-likeness (QED) is 0.0943. The number of nitrogens with two attached hydrogens (primary N) is 2. The highest BCUT2D eigenvalue weighted by Gasteiger charge is 2.30. The van der Waals surface area contributed by atoms with E-state index in [0.717, 1.165) is 28.8 Å². The Labute approximate surface area is 229 Å². The number of ketones is 1. The molecule has 0 amide bonds. The monoisotopic (exact) mass is 563 g/mol. The SMILES string of the molecule is Nc1c2c(=O)c3ccccc3c(=O)c2c(N)c2c(=O)n(CCCCCCC(=O)c3ccc(C(F)(F)F)cc3)c(=O)c12. The number of alkyl halides is 3. The van der Waals surface area contributed by atoms with Crippen molar-refractivity contribution in [3.8, 4) is 0 Å². The molecule has 4 aromatic carbocycles. The van der Waals surface area contributed by atoms with Gasteiger partial charge in [-0.3, -0.25) is 28.5 Å². The second-order valence-electron chi connectivity index (χ2n) is 9.96. The first-order valence-corrected chi connectivity index (χ1v) is 12.9. The first-order valence-electron chi connectivity index (χ1n) is 12.9. The molecule has 0 aliphatic carbocycles. The van der Waals surface area contributed by atoms with Gasteiger partial charge in [0.1, 0.15) is 0 Å². The molecule has 0 atom stereocenters. The normalized spacial score (nSPS) is 12.1. The van der Waals surface area contributed by atoms with Crippen LogP contribution in [0.4, 0.5) is 24.5 Å². The van der Waals surface area contributed by atoms with E-state index >= 15 is 0 Å². The minimum atomic E-state index is -4.47. The summed E-state index contributed by atoms with van der Waals surface area (Å²) >= 11 is 0. The number of carbonyl (C=O) groups excluding carboxylic acids is 1. The van der Waals surface area contributed by atoms with Crippen LogP contribution in [0.2, 0.25) is 0 Å². The zero-order valence-corrected chi connectivity index (χ0v) is 21.6. The first kappa shape index (κ1) is 27.8. The number of unbranched alkanes of at least 4 members (excludes halogenated alkanes) is 3. The van der Waals surface area contributed by atoms with Gasteiger partial charge >= 0.3 is 6.18 Å². The molecule has 0 aliphatic heterocycles. The molecular weight excluding hydrogens is 539 g/mol. The van der Waals surface area contributed by atoms with Crippen molar-refractivity contribution in [3.05, 3.63) is 101 Å². The predicted octanol–water partition coefficient (Wildman–Crippen LogP) is 4.28. The van der Waals surface area contributed by atoms with Gasteiger partial charge in [-0.25, -0.2) is 0 Å². The van der Waals surface area contributed by atoms with E-state index < -0.39 is 33.7 Å². The molecule has 0 fully saturated rings. The Morgan fingerprint density at radius 1 is 0.683 bits per heavy atom. The molecule has 210 valence electrons. The van der Waals surface area contributed by atoms with E-state index in [4.69, 9.17) is 11.5 Å². The number of halogens is 3. The van der Waals surface area contributed by atoms with E-state index in [1.807, 2.05) is 0 Å². The highest BCUT2D eigenvalue weighted by atomic mass is 19.4. The van der Waals surface area contributed by atoms with Gasteiger partial charge in [-0.15, -0.1) is 0 Å². The van der Waals surface area contributed by atoms with Gasteiger partial charge in [0, 0.05) is 29.3 Å². The van der Waals surface area contributed by atoms with Crippen LogP contribution in [0.1, 0.15) is 48.0 Å². The Kier molecular flexibility index (Phi) is 6.98. The molecule has 0 saturated heterocycles. The molecular formula is C30H24F3N3O5. The molecule has 8 nitrogen and oxygen atoms in total. The largest absolute Gasteiger partial charge is 0.416 e. The van der Waals surface area contributed by atoms with E-state index in [0.29, 0.717) is 25.7 Å². The third-order valence-electron chi connectivity index (χ3n) is 7.44. The average Bonchev–Trinajstić information content (AvgIpc) is 3.20. The van der Waals surface area contributed by atoms with Crippen LogP contribution in [-0.2, 0) is 12.7 Å². The van der Waals surface area contributed by atoms with Crippen LogP contribution in [-0.4, -0.2) is 10.4 Å². The van der Waals surface area contributed by atoms with Crippen molar-refractivity contribution in [3.63, 3.8) is 0 Å². The van der Waals surface area contributed by atoms with E-state index in [-0.39, 0.29) is 68.0 Å². The molecule has 5 aromatic rings. The fourth-order valence-corrected chi connectivity index (χ4v) is 5.32. The van der Waals surface area contributed by atoms with Crippen molar-refractivity contribution in [2.75, 3.05) is 11.5 Å². The van der Waals surface area contributed by atoms with Crippen molar-refractivity contribution in [2.24, 2.45) is 0 Å². The Hall–Kier alpha value is -4.80. The first-order chi connectivity index (χ1) is 19.4. The molecule has 1 aromatic heterocycles. The van der Waals surface area contributed by atoms with Crippen molar-refractivity contribution >= 4 is 49.5 Å². The number of Topliss-reactive ketones (excluding diaryl/α,β-unsaturated/α-hetero) is 1. The average molecular weight is 564 g/mol. The third-order valence-corrected chi connectivity index (χ3v) is 7.44. The van der Waals surface area contributed by atoms with Gasteiger partial charge in [-0.2, -0.15) is 13.2 Å². The number of anilines is 2. The topological polar surface area (TPSA) is 142 Å². The van der Waals surface area contributed by atoms with Gasteiger partial charge < -0.3 is 11.5 Å². The molecule has 4 N–H and O–H groups in total. The van der Waals surface area contributed by atoms with Crippen LogP contribution in [0, 0.1) is 0 Å². The number of nitrogen functional groups attached to an aromatic ring is 2. The van der Waals surface area contributed by atoms with E-state index in [2.05, 4.69) is 0 Å². The van der Waals surface area contributed by atoms with Crippen LogP contribution in [0.25, 0.3) is 32.3 Å². The minimum Gasteiger partial charge on any atom is -0.397 e. The fraction of sp³-hybridized carbons (Fsp3) is 0.233. The summed E-state index contributed by atoms with van der Waals surface area (Å²) in [6.45, 7) is 0.0326. The number of carbonyl (C=O) groups is 1. The Bertz CT molecular complexity index is 1950. The molecule has 0 saturated carbocycles. The van der Waals surface area contributed by atoms with Gasteiger partial charge in [0.15, 0.2) is 16.6 Å². The molecule has 0 spiro atoms. The number of rotatable bonds is 8. The lowest BCUT2D eigenvalue weighted by molar-refractivity contribution is -0.137. The van der Waals surface area contributed by atoms with Crippen molar-refractivity contribution < 1.29 is 18.0 Å². The van der Waals surface area contributed by atoms with Gasteiger partial charge in [0.25, 0.3) is 11.1 Å². The fourth-order valence-electron chi connectivity index (χ4n) is 5.32. The lowest BCUT2D eigenvalue weighted by atomic mass is 9.97. The highest BCUT2D eigenvalue weighted by Crippen LogP contribution is 2.32. The minimum absolute atomic E-state index is 0.0326. The summed E-state index contributed by atoms with van der Waals surface area (Å²) in [5, 5.41) is -0.442. The summed E-state index contributed by atoms with van der Waals surface area (Å²) < 4.78 is 39.1. The predicted molar refractivity (Wildman–Crippen MR) is 152 cm³/mol. The number of benzene rings is 4. The lowest BCUT2D eigenvalue weighted by Crippen LogP contribution is -2.25. The molecule has 11 heteroatoms. The van der Waals surface area contributed by atoms with Gasteiger partial charge in [0.05, 0.1) is 38.5 Å². The van der Waals surface area contributed by atoms with Crippen LogP contribution in [0.3, 0.4) is 0 Å². The smallest absolute Gasteiger partial charge is 0.397 e.